The second kappa shape index (κ2) is 4.25. The summed E-state index contributed by atoms with van der Waals surface area (Å²) in [6, 6.07) is 2.18. The van der Waals surface area contributed by atoms with Crippen molar-refractivity contribution in [1.29, 1.82) is 5.26 Å². The Balaban J connectivity index is 2.69. The molecule has 1 aliphatic carbocycles. The number of rotatable bonds is 2. The van der Waals surface area contributed by atoms with E-state index in [9.17, 15) is 0 Å². The second-order valence-electron chi connectivity index (χ2n) is 2.41. The van der Waals surface area contributed by atoms with Crippen LogP contribution in [0.4, 0.5) is 0 Å². The summed E-state index contributed by atoms with van der Waals surface area (Å²) >= 11 is 1.74. The van der Waals surface area contributed by atoms with Crippen molar-refractivity contribution >= 4 is 11.8 Å². The molecule has 0 bridgehead atoms. The Kier molecular flexibility index (Phi) is 3.25. The molecular weight excluding hydrogens is 154 g/mol. The monoisotopic (exact) mass is 165 g/mol. The Bertz CT molecular complexity index is 232. The molecule has 0 heterocycles. The van der Waals surface area contributed by atoms with Gasteiger partial charge >= 0.3 is 0 Å². The van der Waals surface area contributed by atoms with Gasteiger partial charge in [0.1, 0.15) is 0 Å². The van der Waals surface area contributed by atoms with Crippen molar-refractivity contribution in [2.24, 2.45) is 0 Å². The third-order valence-electron chi connectivity index (χ3n) is 1.69. The van der Waals surface area contributed by atoms with Crippen LogP contribution < -0.4 is 0 Å². The fraction of sp³-hybridized carbons (Fsp3) is 0.444. The summed E-state index contributed by atoms with van der Waals surface area (Å²) in [5, 5.41) is 8.50. The van der Waals surface area contributed by atoms with Gasteiger partial charge in [0, 0.05) is 4.91 Å². The SMILES string of the molecule is CSC1=CCCC=C1CC#N. The largest absolute Gasteiger partial charge is 0.198 e. The average molecular weight is 165 g/mol. The van der Waals surface area contributed by atoms with Gasteiger partial charge in [-0.3, -0.25) is 0 Å². The molecule has 0 aromatic carbocycles. The molecule has 1 nitrogen and oxygen atoms in total. The van der Waals surface area contributed by atoms with Crippen molar-refractivity contribution in [2.75, 3.05) is 6.26 Å². The van der Waals surface area contributed by atoms with Crippen molar-refractivity contribution < 1.29 is 0 Å². The lowest BCUT2D eigenvalue weighted by atomic mass is 10.1. The first-order chi connectivity index (χ1) is 5.38. The molecule has 0 unspecified atom stereocenters. The van der Waals surface area contributed by atoms with E-state index in [0.29, 0.717) is 6.42 Å². The van der Waals surface area contributed by atoms with Crippen molar-refractivity contribution in [2.45, 2.75) is 19.3 Å². The van der Waals surface area contributed by atoms with Crippen LogP contribution in [0.1, 0.15) is 19.3 Å². The molecule has 0 radical (unpaired) electrons. The summed E-state index contributed by atoms with van der Waals surface area (Å²) in [5.74, 6) is 0. The van der Waals surface area contributed by atoms with Crippen LogP contribution in [-0.4, -0.2) is 6.26 Å². The maximum absolute atomic E-state index is 8.50. The number of thioether (sulfide) groups is 1. The van der Waals surface area contributed by atoms with Crippen molar-refractivity contribution in [1.82, 2.24) is 0 Å². The Morgan fingerprint density at radius 3 is 2.91 bits per heavy atom. The Hall–Kier alpha value is -0.680. The Labute approximate surface area is 71.8 Å². The first-order valence-corrected chi connectivity index (χ1v) is 4.91. The number of nitrogens with zero attached hydrogens (tertiary/aromatic N) is 1. The molecule has 58 valence electrons. The molecule has 0 saturated heterocycles. The minimum absolute atomic E-state index is 0.562. The highest BCUT2D eigenvalue weighted by Gasteiger charge is 2.06. The first kappa shape index (κ1) is 8.42. The third-order valence-corrected chi connectivity index (χ3v) is 2.56. The minimum Gasteiger partial charge on any atom is -0.198 e. The lowest BCUT2D eigenvalue weighted by molar-refractivity contribution is 0.998. The van der Waals surface area contributed by atoms with Crippen LogP contribution in [0.15, 0.2) is 22.6 Å². The van der Waals surface area contributed by atoms with E-state index < -0.39 is 0 Å². The van der Waals surface area contributed by atoms with Gasteiger partial charge in [0.05, 0.1) is 12.5 Å². The third kappa shape index (κ3) is 2.13. The van der Waals surface area contributed by atoms with Crippen molar-refractivity contribution in [3.8, 4) is 6.07 Å². The zero-order chi connectivity index (χ0) is 8.10. The predicted molar refractivity (Wildman–Crippen MR) is 49.1 cm³/mol. The van der Waals surface area contributed by atoms with Gasteiger partial charge in [-0.1, -0.05) is 12.2 Å². The zero-order valence-corrected chi connectivity index (χ0v) is 7.45. The summed E-state index contributed by atoms with van der Waals surface area (Å²) in [6.07, 6.45) is 9.24. The van der Waals surface area contributed by atoms with Gasteiger partial charge in [-0.2, -0.15) is 5.26 Å². The van der Waals surface area contributed by atoms with Gasteiger partial charge in [-0.15, -0.1) is 11.8 Å². The van der Waals surface area contributed by atoms with E-state index in [0.717, 1.165) is 12.8 Å². The first-order valence-electron chi connectivity index (χ1n) is 3.69. The normalized spacial score (nSPS) is 16.7. The van der Waals surface area contributed by atoms with Gasteiger partial charge in [0.2, 0.25) is 0 Å². The van der Waals surface area contributed by atoms with Gasteiger partial charge in [0.25, 0.3) is 0 Å². The van der Waals surface area contributed by atoms with Crippen LogP contribution in [0.2, 0.25) is 0 Å². The quantitative estimate of drug-likeness (QED) is 0.628. The van der Waals surface area contributed by atoms with E-state index in [1.165, 1.54) is 10.5 Å². The van der Waals surface area contributed by atoms with Crippen LogP contribution in [0.25, 0.3) is 0 Å². The standard InChI is InChI=1S/C9H11NS/c1-11-9-5-3-2-4-8(9)6-7-10/h4-5H,2-3,6H2,1H3. The molecular formula is C9H11NS. The molecule has 2 heteroatoms. The van der Waals surface area contributed by atoms with E-state index >= 15 is 0 Å². The molecule has 0 saturated carbocycles. The van der Waals surface area contributed by atoms with E-state index in [-0.39, 0.29) is 0 Å². The lowest BCUT2D eigenvalue weighted by Crippen LogP contribution is -1.90. The molecule has 0 amide bonds. The topological polar surface area (TPSA) is 23.8 Å². The molecule has 1 aliphatic rings. The van der Waals surface area contributed by atoms with Crippen LogP contribution in [0, 0.1) is 11.3 Å². The minimum atomic E-state index is 0.562. The van der Waals surface area contributed by atoms with Gasteiger partial charge in [0.15, 0.2) is 0 Å². The molecule has 0 spiro atoms. The maximum atomic E-state index is 8.50. The average Bonchev–Trinajstić information content (AvgIpc) is 2.06. The fourth-order valence-corrected chi connectivity index (χ4v) is 1.86. The van der Waals surface area contributed by atoms with Gasteiger partial charge < -0.3 is 0 Å². The van der Waals surface area contributed by atoms with E-state index in [4.69, 9.17) is 5.26 Å². The molecule has 0 N–H and O–H groups in total. The van der Waals surface area contributed by atoms with E-state index in [1.807, 2.05) is 0 Å². The maximum Gasteiger partial charge on any atom is 0.0670 e. The number of nitriles is 1. The predicted octanol–water partition coefficient (Wildman–Crippen LogP) is 2.87. The number of allylic oxidation sites excluding steroid dienone is 3. The molecule has 11 heavy (non-hydrogen) atoms. The molecule has 0 aromatic heterocycles. The zero-order valence-electron chi connectivity index (χ0n) is 6.63. The van der Waals surface area contributed by atoms with Crippen LogP contribution in [-0.2, 0) is 0 Å². The summed E-state index contributed by atoms with van der Waals surface area (Å²) in [4.78, 5) is 1.29. The molecule has 0 aromatic rings. The molecule has 0 fully saturated rings. The second-order valence-corrected chi connectivity index (χ2v) is 3.26. The smallest absolute Gasteiger partial charge is 0.0670 e. The van der Waals surface area contributed by atoms with Crippen molar-refractivity contribution in [3.63, 3.8) is 0 Å². The fourth-order valence-electron chi connectivity index (χ4n) is 1.16. The van der Waals surface area contributed by atoms with Gasteiger partial charge in [-0.05, 0) is 24.7 Å². The number of hydrogen-bond donors (Lipinski definition) is 0. The summed E-state index contributed by atoms with van der Waals surface area (Å²) in [7, 11) is 0. The summed E-state index contributed by atoms with van der Waals surface area (Å²) in [6.45, 7) is 0. The van der Waals surface area contributed by atoms with Gasteiger partial charge in [-0.25, -0.2) is 0 Å². The lowest BCUT2D eigenvalue weighted by Gasteiger charge is -2.10. The van der Waals surface area contributed by atoms with Crippen molar-refractivity contribution in [3.05, 3.63) is 22.6 Å². The highest BCUT2D eigenvalue weighted by molar-refractivity contribution is 8.02. The van der Waals surface area contributed by atoms with Crippen LogP contribution >= 0.6 is 11.8 Å². The van der Waals surface area contributed by atoms with E-state index in [1.54, 1.807) is 11.8 Å². The highest BCUT2D eigenvalue weighted by Crippen LogP contribution is 2.28. The Morgan fingerprint density at radius 1 is 1.55 bits per heavy atom. The van der Waals surface area contributed by atoms with E-state index in [2.05, 4.69) is 24.5 Å². The van der Waals surface area contributed by atoms with Crippen LogP contribution in [0.5, 0.6) is 0 Å². The van der Waals surface area contributed by atoms with Crippen LogP contribution in [0.3, 0.4) is 0 Å². The molecule has 1 rings (SSSR count). The molecule has 0 aliphatic heterocycles. The highest BCUT2D eigenvalue weighted by atomic mass is 32.2. The summed E-state index contributed by atoms with van der Waals surface area (Å²) < 4.78 is 0. The number of hydrogen-bond acceptors (Lipinski definition) is 2. The Morgan fingerprint density at radius 2 is 2.27 bits per heavy atom. The molecule has 0 atom stereocenters. The summed E-state index contributed by atoms with van der Waals surface area (Å²) in [5.41, 5.74) is 1.21.